The fourth-order valence-electron chi connectivity index (χ4n) is 5.35. The molecule has 2 N–H and O–H groups in total. The smallest absolute Gasteiger partial charge is 0.123 e. The Morgan fingerprint density at radius 1 is 1.17 bits per heavy atom. The molecule has 2 aliphatic heterocycles. The molecule has 6 heteroatoms. The van der Waals surface area contributed by atoms with Crippen LogP contribution in [0.2, 0.25) is 0 Å². The summed E-state index contributed by atoms with van der Waals surface area (Å²) in [6.07, 6.45) is 0. The Morgan fingerprint density at radius 3 is 2.59 bits per heavy atom. The van der Waals surface area contributed by atoms with Crippen LogP contribution in [0.1, 0.15) is 22.9 Å². The third-order valence-corrected chi connectivity index (χ3v) is 6.46. The van der Waals surface area contributed by atoms with Gasteiger partial charge in [0.05, 0.1) is 19.8 Å². The Balaban J connectivity index is 1.60. The Morgan fingerprint density at radius 2 is 1.93 bits per heavy atom. The number of fused-ring (bicyclic) bond motifs is 4. The maximum atomic E-state index is 13.3. The van der Waals surface area contributed by atoms with Gasteiger partial charge in [0.1, 0.15) is 11.6 Å². The third kappa shape index (κ3) is 2.94. The number of likely N-dealkylation sites (N-methyl/N-ethyl adjacent to an activating group) is 1. The highest BCUT2D eigenvalue weighted by molar-refractivity contribution is 5.88. The van der Waals surface area contributed by atoms with Crippen molar-refractivity contribution < 1.29 is 14.2 Å². The van der Waals surface area contributed by atoms with Crippen LogP contribution in [0.15, 0.2) is 42.5 Å². The summed E-state index contributed by atoms with van der Waals surface area (Å²) < 4.78 is 18.7. The SMILES string of the molecule is COc1ccc2c3c([nH]c2c1)[C@@H](CO)N(Cc1ccc(F)cc1)CC31CN(C)C1. The van der Waals surface area contributed by atoms with Gasteiger partial charge in [0.2, 0.25) is 0 Å². The van der Waals surface area contributed by atoms with Crippen LogP contribution < -0.4 is 4.74 Å². The second-order valence-electron chi connectivity index (χ2n) is 8.51. The molecule has 0 radical (unpaired) electrons. The molecule has 1 atom stereocenters. The number of aromatic amines is 1. The molecule has 2 aliphatic rings. The highest BCUT2D eigenvalue weighted by Gasteiger charge is 2.51. The van der Waals surface area contributed by atoms with Crippen LogP contribution in [0.4, 0.5) is 4.39 Å². The molecule has 0 saturated carbocycles. The number of benzene rings is 2. The highest BCUT2D eigenvalue weighted by Crippen LogP contribution is 2.48. The average Bonchev–Trinajstić information content (AvgIpc) is 3.07. The van der Waals surface area contributed by atoms with E-state index in [2.05, 4.69) is 27.9 Å². The minimum Gasteiger partial charge on any atom is -0.497 e. The summed E-state index contributed by atoms with van der Waals surface area (Å²) in [5.41, 5.74) is 4.56. The summed E-state index contributed by atoms with van der Waals surface area (Å²) in [5.74, 6) is 0.592. The van der Waals surface area contributed by atoms with Crippen molar-refractivity contribution in [2.24, 2.45) is 0 Å². The van der Waals surface area contributed by atoms with E-state index in [0.29, 0.717) is 6.54 Å². The fourth-order valence-corrected chi connectivity index (χ4v) is 5.35. The van der Waals surface area contributed by atoms with E-state index in [9.17, 15) is 9.50 Å². The first-order valence-corrected chi connectivity index (χ1v) is 10.0. The number of methoxy groups -OCH3 is 1. The van der Waals surface area contributed by atoms with Crippen LogP contribution in [0.5, 0.6) is 5.75 Å². The summed E-state index contributed by atoms with van der Waals surface area (Å²) in [5, 5.41) is 11.5. The predicted molar refractivity (Wildman–Crippen MR) is 111 cm³/mol. The molecule has 1 spiro atoms. The molecular weight excluding hydrogens is 369 g/mol. The molecule has 1 fully saturated rings. The summed E-state index contributed by atoms with van der Waals surface area (Å²) in [4.78, 5) is 8.26. The van der Waals surface area contributed by atoms with Crippen LogP contribution in [-0.4, -0.2) is 60.3 Å². The van der Waals surface area contributed by atoms with Crippen molar-refractivity contribution in [2.45, 2.75) is 18.0 Å². The summed E-state index contributed by atoms with van der Waals surface area (Å²) in [6, 6.07) is 12.7. The van der Waals surface area contributed by atoms with Gasteiger partial charge in [0.25, 0.3) is 0 Å². The monoisotopic (exact) mass is 395 g/mol. The molecule has 0 unspecified atom stereocenters. The lowest BCUT2D eigenvalue weighted by Gasteiger charge is -2.55. The van der Waals surface area contributed by atoms with E-state index in [1.165, 1.54) is 23.1 Å². The van der Waals surface area contributed by atoms with Crippen LogP contribution in [0.3, 0.4) is 0 Å². The lowest BCUT2D eigenvalue weighted by molar-refractivity contribution is 0.00421. The van der Waals surface area contributed by atoms with E-state index in [0.717, 1.165) is 42.2 Å². The maximum Gasteiger partial charge on any atom is 0.123 e. The largest absolute Gasteiger partial charge is 0.497 e. The van der Waals surface area contributed by atoms with Gasteiger partial charge in [0.15, 0.2) is 0 Å². The molecule has 2 aromatic carbocycles. The van der Waals surface area contributed by atoms with Crippen molar-refractivity contribution in [2.75, 3.05) is 40.4 Å². The Bertz CT molecular complexity index is 1040. The van der Waals surface area contributed by atoms with Gasteiger partial charge in [-0.1, -0.05) is 12.1 Å². The zero-order valence-corrected chi connectivity index (χ0v) is 16.8. The predicted octanol–water partition coefficient (Wildman–Crippen LogP) is 3.05. The number of nitrogens with one attached hydrogen (secondary N) is 1. The van der Waals surface area contributed by atoms with Gasteiger partial charge in [0, 0.05) is 54.3 Å². The second kappa shape index (κ2) is 6.83. The number of hydrogen-bond donors (Lipinski definition) is 2. The Labute approximate surface area is 169 Å². The van der Waals surface area contributed by atoms with Crippen molar-refractivity contribution in [1.29, 1.82) is 0 Å². The summed E-state index contributed by atoms with van der Waals surface area (Å²) in [7, 11) is 3.82. The molecule has 5 rings (SSSR count). The standard InChI is InChI=1S/C23H26FN3O2/c1-26-12-23(13-26)14-27(10-15-3-5-16(24)6-4-15)20(11-28)22-21(23)18-8-7-17(29-2)9-19(18)25-22/h3-9,20,25,28H,10-14H2,1-2H3/t20-/m1/s1. The van der Waals surface area contributed by atoms with Gasteiger partial charge < -0.3 is 19.7 Å². The van der Waals surface area contributed by atoms with Crippen LogP contribution in [0.25, 0.3) is 10.9 Å². The Hall–Kier alpha value is -2.41. The van der Waals surface area contributed by atoms with Crippen molar-refractivity contribution in [1.82, 2.24) is 14.8 Å². The van der Waals surface area contributed by atoms with Crippen molar-refractivity contribution >= 4 is 10.9 Å². The highest BCUT2D eigenvalue weighted by atomic mass is 19.1. The Kier molecular flexibility index (Phi) is 4.38. The van der Waals surface area contributed by atoms with E-state index in [1.54, 1.807) is 7.11 Å². The van der Waals surface area contributed by atoms with Gasteiger partial charge in [-0.15, -0.1) is 0 Å². The maximum absolute atomic E-state index is 13.3. The minimum absolute atomic E-state index is 0.0304. The lowest BCUT2D eigenvalue weighted by atomic mass is 9.69. The molecule has 29 heavy (non-hydrogen) atoms. The molecule has 3 heterocycles. The first kappa shape index (κ1) is 18.6. The van der Waals surface area contributed by atoms with Gasteiger partial charge in [-0.05, 0) is 42.4 Å². The minimum atomic E-state index is -0.227. The number of ether oxygens (including phenoxy) is 1. The number of aliphatic hydroxyl groups excluding tert-OH is 1. The molecule has 152 valence electrons. The molecule has 1 saturated heterocycles. The molecule has 1 aromatic heterocycles. The number of hydrogen-bond acceptors (Lipinski definition) is 4. The quantitative estimate of drug-likeness (QED) is 0.713. The van der Waals surface area contributed by atoms with Crippen LogP contribution in [-0.2, 0) is 12.0 Å². The number of aliphatic hydroxyl groups is 1. The normalized spacial score (nSPS) is 21.3. The summed E-state index contributed by atoms with van der Waals surface area (Å²) in [6.45, 7) is 3.54. The van der Waals surface area contributed by atoms with Gasteiger partial charge >= 0.3 is 0 Å². The summed E-state index contributed by atoms with van der Waals surface area (Å²) >= 11 is 0. The number of aromatic nitrogens is 1. The number of likely N-dealkylation sites (tertiary alicyclic amines) is 1. The molecule has 0 bridgehead atoms. The van der Waals surface area contributed by atoms with E-state index in [-0.39, 0.29) is 23.9 Å². The van der Waals surface area contributed by atoms with Crippen LogP contribution in [0, 0.1) is 5.82 Å². The first-order valence-electron chi connectivity index (χ1n) is 10.0. The van der Waals surface area contributed by atoms with Crippen molar-refractivity contribution in [3.63, 3.8) is 0 Å². The lowest BCUT2D eigenvalue weighted by Crippen LogP contribution is -2.65. The van der Waals surface area contributed by atoms with Gasteiger partial charge in [-0.2, -0.15) is 0 Å². The van der Waals surface area contributed by atoms with E-state index >= 15 is 0 Å². The van der Waals surface area contributed by atoms with Gasteiger partial charge in [-0.3, -0.25) is 4.90 Å². The second-order valence-corrected chi connectivity index (χ2v) is 8.51. The van der Waals surface area contributed by atoms with E-state index in [4.69, 9.17) is 4.74 Å². The molecule has 5 nitrogen and oxygen atoms in total. The molecule has 0 amide bonds. The zero-order chi connectivity index (χ0) is 20.2. The van der Waals surface area contributed by atoms with Crippen molar-refractivity contribution in [3.8, 4) is 5.75 Å². The molecule has 3 aromatic rings. The fraction of sp³-hybridized carbons (Fsp3) is 0.391. The molecule has 0 aliphatic carbocycles. The number of halogens is 1. The van der Waals surface area contributed by atoms with E-state index in [1.807, 2.05) is 24.3 Å². The number of H-pyrrole nitrogens is 1. The third-order valence-electron chi connectivity index (χ3n) is 6.46. The average molecular weight is 395 g/mol. The molecular formula is C23H26FN3O2. The zero-order valence-electron chi connectivity index (χ0n) is 16.8. The van der Waals surface area contributed by atoms with Crippen LogP contribution >= 0.6 is 0 Å². The number of rotatable bonds is 4. The van der Waals surface area contributed by atoms with Crippen molar-refractivity contribution in [3.05, 3.63) is 65.1 Å². The number of nitrogens with zero attached hydrogens (tertiary/aromatic N) is 2. The first-order chi connectivity index (χ1) is 14.0. The van der Waals surface area contributed by atoms with E-state index < -0.39 is 0 Å². The topological polar surface area (TPSA) is 51.7 Å². The van der Waals surface area contributed by atoms with Gasteiger partial charge in [-0.25, -0.2) is 4.39 Å².